The molecule has 0 saturated carbocycles. The second-order valence-corrected chi connectivity index (χ2v) is 7.17. The Bertz CT molecular complexity index is 224. The van der Waals surface area contributed by atoms with Gasteiger partial charge in [-0.05, 0) is 50.4 Å². The van der Waals surface area contributed by atoms with Gasteiger partial charge in [-0.1, -0.05) is 58.8 Å². The van der Waals surface area contributed by atoms with Crippen molar-refractivity contribution in [3.05, 3.63) is 0 Å². The predicted molar refractivity (Wildman–Crippen MR) is 107 cm³/mol. The Morgan fingerprint density at radius 1 is 0.480 bits per heavy atom. The molecule has 4 nitrogen and oxygen atoms in total. The first-order valence-electron chi connectivity index (χ1n) is 10.6. The van der Waals surface area contributed by atoms with Crippen molar-refractivity contribution in [2.45, 2.75) is 97.3 Å². The Morgan fingerprint density at radius 3 is 1.20 bits per heavy atom. The Labute approximate surface area is 156 Å². The Balaban J connectivity index is 0. The van der Waals surface area contributed by atoms with E-state index in [-0.39, 0.29) is 26.4 Å². The topological polar surface area (TPSA) is 80.9 Å². The standard InChI is InChI=1S/C11H24O2.C10H22O2/c1-2-3-4-5-7-11(10-13)8-6-9-12;1-2-3-4-6-10(9-12)7-5-8-11/h11-13H,2-10H2,1H3;10-12H,2-9H2,1H3. The van der Waals surface area contributed by atoms with Gasteiger partial charge in [0.2, 0.25) is 0 Å². The van der Waals surface area contributed by atoms with Crippen LogP contribution < -0.4 is 0 Å². The second kappa shape index (κ2) is 23.8. The fraction of sp³-hybridized carbons (Fsp3) is 1.00. The summed E-state index contributed by atoms with van der Waals surface area (Å²) in [5.41, 5.74) is 0. The van der Waals surface area contributed by atoms with Crippen LogP contribution in [0.5, 0.6) is 0 Å². The average molecular weight is 363 g/mol. The highest BCUT2D eigenvalue weighted by Gasteiger charge is 2.06. The van der Waals surface area contributed by atoms with Gasteiger partial charge in [0.25, 0.3) is 0 Å². The molecule has 25 heavy (non-hydrogen) atoms. The van der Waals surface area contributed by atoms with Crippen LogP contribution >= 0.6 is 0 Å². The predicted octanol–water partition coefficient (Wildman–Crippen LogP) is 4.29. The van der Waals surface area contributed by atoms with Crippen molar-refractivity contribution in [3.63, 3.8) is 0 Å². The van der Waals surface area contributed by atoms with E-state index in [4.69, 9.17) is 20.4 Å². The van der Waals surface area contributed by atoms with Crippen LogP contribution in [0.3, 0.4) is 0 Å². The van der Waals surface area contributed by atoms with Crippen LogP contribution in [0, 0.1) is 11.8 Å². The van der Waals surface area contributed by atoms with Gasteiger partial charge in [-0.2, -0.15) is 0 Å². The first kappa shape index (κ1) is 27.1. The lowest BCUT2D eigenvalue weighted by molar-refractivity contribution is 0.191. The zero-order valence-electron chi connectivity index (χ0n) is 17.0. The number of hydrogen-bond acceptors (Lipinski definition) is 4. The molecule has 0 bridgehead atoms. The Hall–Kier alpha value is -0.160. The molecule has 154 valence electrons. The Kier molecular flexibility index (Phi) is 25.8. The van der Waals surface area contributed by atoms with E-state index < -0.39 is 0 Å². The average Bonchev–Trinajstić information content (AvgIpc) is 2.64. The van der Waals surface area contributed by atoms with Crippen LogP contribution in [-0.2, 0) is 0 Å². The van der Waals surface area contributed by atoms with Gasteiger partial charge in [0.05, 0.1) is 0 Å². The minimum Gasteiger partial charge on any atom is -0.396 e. The van der Waals surface area contributed by atoms with Crippen LogP contribution in [0.4, 0.5) is 0 Å². The van der Waals surface area contributed by atoms with Crippen LogP contribution in [0.2, 0.25) is 0 Å². The fourth-order valence-corrected chi connectivity index (χ4v) is 2.96. The van der Waals surface area contributed by atoms with E-state index >= 15 is 0 Å². The maximum absolute atomic E-state index is 9.03. The number of unbranched alkanes of at least 4 members (excludes halogenated alkanes) is 5. The van der Waals surface area contributed by atoms with Crippen molar-refractivity contribution in [1.82, 2.24) is 0 Å². The van der Waals surface area contributed by atoms with E-state index in [9.17, 15) is 0 Å². The van der Waals surface area contributed by atoms with Gasteiger partial charge in [-0.15, -0.1) is 0 Å². The first-order chi connectivity index (χ1) is 12.2. The van der Waals surface area contributed by atoms with Crippen LogP contribution in [0.25, 0.3) is 0 Å². The normalized spacial score (nSPS) is 13.2. The molecule has 0 amide bonds. The number of rotatable bonds is 17. The minimum absolute atomic E-state index is 0.254. The summed E-state index contributed by atoms with van der Waals surface area (Å²) in [7, 11) is 0. The first-order valence-corrected chi connectivity index (χ1v) is 10.6. The molecule has 2 unspecified atom stereocenters. The lowest BCUT2D eigenvalue weighted by Gasteiger charge is -2.12. The summed E-state index contributed by atoms with van der Waals surface area (Å²) in [4.78, 5) is 0. The second-order valence-electron chi connectivity index (χ2n) is 7.17. The smallest absolute Gasteiger partial charge is 0.0459 e. The van der Waals surface area contributed by atoms with E-state index in [0.29, 0.717) is 11.8 Å². The van der Waals surface area contributed by atoms with Crippen molar-refractivity contribution in [3.8, 4) is 0 Å². The van der Waals surface area contributed by atoms with Gasteiger partial charge in [-0.3, -0.25) is 0 Å². The molecule has 0 rings (SSSR count). The molecule has 0 aliphatic carbocycles. The van der Waals surface area contributed by atoms with Gasteiger partial charge in [0.15, 0.2) is 0 Å². The van der Waals surface area contributed by atoms with Crippen molar-refractivity contribution < 1.29 is 20.4 Å². The summed E-state index contributed by atoms with van der Waals surface area (Å²) in [6.45, 7) is 5.46. The van der Waals surface area contributed by atoms with E-state index in [1.165, 1.54) is 44.9 Å². The fourth-order valence-electron chi connectivity index (χ4n) is 2.96. The summed E-state index contributed by atoms with van der Waals surface area (Å²) in [5.74, 6) is 0.840. The maximum Gasteiger partial charge on any atom is 0.0459 e. The van der Waals surface area contributed by atoms with Crippen LogP contribution in [0.1, 0.15) is 97.3 Å². The number of aliphatic hydroxyl groups is 4. The van der Waals surface area contributed by atoms with Crippen molar-refractivity contribution in [1.29, 1.82) is 0 Å². The summed E-state index contributed by atoms with van der Waals surface area (Å²) < 4.78 is 0. The molecule has 0 radical (unpaired) electrons. The highest BCUT2D eigenvalue weighted by molar-refractivity contribution is 4.58. The SMILES string of the molecule is CCCCCC(CO)CCCO.CCCCCCC(CO)CCCO. The zero-order valence-corrected chi connectivity index (χ0v) is 17.0. The molecule has 0 aliphatic rings. The maximum atomic E-state index is 9.03. The zero-order chi connectivity index (χ0) is 19.2. The van der Waals surface area contributed by atoms with E-state index in [2.05, 4.69) is 13.8 Å². The molecule has 0 heterocycles. The molecular weight excluding hydrogens is 316 g/mol. The summed E-state index contributed by atoms with van der Waals surface area (Å²) >= 11 is 0. The largest absolute Gasteiger partial charge is 0.396 e. The lowest BCUT2D eigenvalue weighted by Crippen LogP contribution is -2.06. The molecule has 4 heteroatoms. The monoisotopic (exact) mass is 362 g/mol. The molecule has 0 aromatic rings. The molecule has 4 N–H and O–H groups in total. The van der Waals surface area contributed by atoms with E-state index in [1.54, 1.807) is 0 Å². The molecular formula is C21H46O4. The van der Waals surface area contributed by atoms with Crippen molar-refractivity contribution >= 4 is 0 Å². The lowest BCUT2D eigenvalue weighted by atomic mass is 9.97. The molecule has 0 aromatic carbocycles. The summed E-state index contributed by atoms with van der Waals surface area (Å²) in [5, 5.41) is 35.2. The van der Waals surface area contributed by atoms with Crippen molar-refractivity contribution in [2.75, 3.05) is 26.4 Å². The number of aliphatic hydroxyl groups excluding tert-OH is 4. The van der Waals surface area contributed by atoms with Gasteiger partial charge >= 0.3 is 0 Å². The van der Waals surface area contributed by atoms with E-state index in [0.717, 1.165) is 38.5 Å². The third kappa shape index (κ3) is 21.8. The third-order valence-corrected chi connectivity index (χ3v) is 4.74. The summed E-state index contributed by atoms with van der Waals surface area (Å²) in [6.07, 6.45) is 14.6. The van der Waals surface area contributed by atoms with Gasteiger partial charge in [0.1, 0.15) is 0 Å². The van der Waals surface area contributed by atoms with E-state index in [1.807, 2.05) is 0 Å². The quantitative estimate of drug-likeness (QED) is 0.291. The third-order valence-electron chi connectivity index (χ3n) is 4.74. The van der Waals surface area contributed by atoms with Gasteiger partial charge in [0, 0.05) is 26.4 Å². The molecule has 0 aromatic heterocycles. The summed E-state index contributed by atoms with van der Waals surface area (Å²) in [6, 6.07) is 0. The van der Waals surface area contributed by atoms with Crippen LogP contribution in [0.15, 0.2) is 0 Å². The highest BCUT2D eigenvalue weighted by Crippen LogP contribution is 2.15. The minimum atomic E-state index is 0.254. The molecule has 0 fully saturated rings. The van der Waals surface area contributed by atoms with Crippen LogP contribution in [-0.4, -0.2) is 46.9 Å². The molecule has 0 saturated heterocycles. The van der Waals surface area contributed by atoms with Crippen molar-refractivity contribution in [2.24, 2.45) is 11.8 Å². The highest BCUT2D eigenvalue weighted by atomic mass is 16.3. The molecule has 0 spiro atoms. The number of hydrogen-bond donors (Lipinski definition) is 4. The molecule has 0 aliphatic heterocycles. The van der Waals surface area contributed by atoms with Gasteiger partial charge in [-0.25, -0.2) is 0 Å². The molecule has 2 atom stereocenters. The van der Waals surface area contributed by atoms with Gasteiger partial charge < -0.3 is 20.4 Å². The Morgan fingerprint density at radius 2 is 0.840 bits per heavy atom.